The van der Waals surface area contributed by atoms with E-state index in [9.17, 15) is 0 Å². The van der Waals surface area contributed by atoms with E-state index in [4.69, 9.17) is 16.2 Å². The summed E-state index contributed by atoms with van der Waals surface area (Å²) in [5.41, 5.74) is 10.7. The molecule has 0 aromatic heterocycles. The van der Waals surface area contributed by atoms with Crippen LogP contribution in [0.5, 0.6) is 0 Å². The zero-order chi connectivity index (χ0) is 7.56. The summed E-state index contributed by atoms with van der Waals surface area (Å²) >= 11 is 0. The van der Waals surface area contributed by atoms with Gasteiger partial charge in [-0.1, -0.05) is 6.92 Å². The molecule has 1 unspecified atom stereocenters. The molecule has 1 aliphatic rings. The van der Waals surface area contributed by atoms with Gasteiger partial charge in [-0.2, -0.15) is 0 Å². The van der Waals surface area contributed by atoms with Crippen molar-refractivity contribution in [1.82, 2.24) is 0 Å². The van der Waals surface area contributed by atoms with E-state index in [1.807, 2.05) is 0 Å². The van der Waals surface area contributed by atoms with Gasteiger partial charge in [-0.25, -0.2) is 0 Å². The van der Waals surface area contributed by atoms with Gasteiger partial charge in [-0.3, -0.25) is 0 Å². The fraction of sp³-hybridized carbons (Fsp3) is 0.714. The number of nitrogens with two attached hydrogens (primary N) is 2. The predicted molar refractivity (Wildman–Crippen MR) is 39.8 cm³/mol. The fourth-order valence-corrected chi connectivity index (χ4v) is 1.00. The Bertz CT molecular complexity index is 140. The summed E-state index contributed by atoms with van der Waals surface area (Å²) in [6.45, 7) is 2.91. The molecule has 1 atom stereocenters. The molecule has 0 aliphatic carbocycles. The number of hydrogen-bond donors (Lipinski definition) is 2. The summed E-state index contributed by atoms with van der Waals surface area (Å²) in [7, 11) is 0. The molecule has 0 bridgehead atoms. The SMILES string of the molecule is CC1CCC(=C(N)N)OC1. The summed E-state index contributed by atoms with van der Waals surface area (Å²) < 4.78 is 5.28. The first-order valence-electron chi connectivity index (χ1n) is 3.57. The van der Waals surface area contributed by atoms with E-state index in [1.165, 1.54) is 0 Å². The van der Waals surface area contributed by atoms with Gasteiger partial charge in [0, 0.05) is 6.42 Å². The first-order valence-corrected chi connectivity index (χ1v) is 3.57. The van der Waals surface area contributed by atoms with Crippen LogP contribution in [0.1, 0.15) is 19.8 Å². The molecule has 0 aromatic carbocycles. The third-order valence-corrected chi connectivity index (χ3v) is 1.73. The molecule has 0 saturated carbocycles. The zero-order valence-electron chi connectivity index (χ0n) is 6.26. The highest BCUT2D eigenvalue weighted by Crippen LogP contribution is 2.20. The van der Waals surface area contributed by atoms with Crippen molar-refractivity contribution in [2.75, 3.05) is 6.61 Å². The van der Waals surface area contributed by atoms with E-state index in [0.29, 0.717) is 11.7 Å². The monoisotopic (exact) mass is 142 g/mol. The summed E-state index contributed by atoms with van der Waals surface area (Å²) in [6, 6.07) is 0. The molecule has 0 spiro atoms. The Hall–Kier alpha value is -0.860. The van der Waals surface area contributed by atoms with Gasteiger partial charge in [-0.15, -0.1) is 0 Å². The molecule has 10 heavy (non-hydrogen) atoms. The van der Waals surface area contributed by atoms with Crippen LogP contribution in [0, 0.1) is 5.92 Å². The van der Waals surface area contributed by atoms with Crippen LogP contribution in [0.2, 0.25) is 0 Å². The van der Waals surface area contributed by atoms with Gasteiger partial charge >= 0.3 is 0 Å². The smallest absolute Gasteiger partial charge is 0.135 e. The Morgan fingerprint density at radius 2 is 2.30 bits per heavy atom. The van der Waals surface area contributed by atoms with Crippen LogP contribution in [-0.2, 0) is 4.74 Å². The third kappa shape index (κ3) is 1.56. The fourth-order valence-electron chi connectivity index (χ4n) is 1.00. The molecule has 1 aliphatic heterocycles. The highest BCUT2D eigenvalue weighted by Gasteiger charge is 2.14. The second-order valence-corrected chi connectivity index (χ2v) is 2.83. The van der Waals surface area contributed by atoms with Crippen molar-refractivity contribution in [2.24, 2.45) is 17.4 Å². The largest absolute Gasteiger partial charge is 0.494 e. The number of allylic oxidation sites excluding steroid dienone is 1. The quantitative estimate of drug-likeness (QED) is 0.518. The van der Waals surface area contributed by atoms with Gasteiger partial charge < -0.3 is 16.2 Å². The van der Waals surface area contributed by atoms with Crippen LogP contribution in [0.25, 0.3) is 0 Å². The van der Waals surface area contributed by atoms with Gasteiger partial charge in [0.15, 0.2) is 0 Å². The zero-order valence-corrected chi connectivity index (χ0v) is 6.26. The van der Waals surface area contributed by atoms with Crippen molar-refractivity contribution in [2.45, 2.75) is 19.8 Å². The summed E-state index contributed by atoms with van der Waals surface area (Å²) in [5.74, 6) is 1.76. The van der Waals surface area contributed by atoms with Gasteiger partial charge in [-0.05, 0) is 12.3 Å². The number of ether oxygens (including phenoxy) is 1. The van der Waals surface area contributed by atoms with Gasteiger partial charge in [0.1, 0.15) is 11.6 Å². The lowest BCUT2D eigenvalue weighted by molar-refractivity contribution is 0.120. The lowest BCUT2D eigenvalue weighted by atomic mass is 10.0. The minimum Gasteiger partial charge on any atom is -0.494 e. The Kier molecular flexibility index (Phi) is 2.04. The van der Waals surface area contributed by atoms with E-state index >= 15 is 0 Å². The molecule has 1 rings (SSSR count). The molecule has 3 heteroatoms. The normalized spacial score (nSPS) is 25.7. The van der Waals surface area contributed by atoms with Gasteiger partial charge in [0.2, 0.25) is 0 Å². The Labute approximate surface area is 61.0 Å². The molecule has 4 N–H and O–H groups in total. The Morgan fingerprint density at radius 3 is 2.70 bits per heavy atom. The molecular weight excluding hydrogens is 128 g/mol. The van der Waals surface area contributed by atoms with E-state index < -0.39 is 0 Å². The first kappa shape index (κ1) is 7.25. The highest BCUT2D eigenvalue weighted by atomic mass is 16.5. The van der Waals surface area contributed by atoms with Crippen molar-refractivity contribution in [3.63, 3.8) is 0 Å². The second-order valence-electron chi connectivity index (χ2n) is 2.83. The van der Waals surface area contributed by atoms with Crippen LogP contribution in [-0.4, -0.2) is 6.61 Å². The maximum absolute atomic E-state index is 5.34. The van der Waals surface area contributed by atoms with Crippen LogP contribution >= 0.6 is 0 Å². The maximum atomic E-state index is 5.34. The maximum Gasteiger partial charge on any atom is 0.135 e. The van der Waals surface area contributed by atoms with Crippen molar-refractivity contribution in [3.8, 4) is 0 Å². The van der Waals surface area contributed by atoms with Crippen LogP contribution in [0.15, 0.2) is 11.6 Å². The van der Waals surface area contributed by atoms with Gasteiger partial charge in [0.25, 0.3) is 0 Å². The molecule has 58 valence electrons. The Balaban J connectivity index is 2.48. The first-order chi connectivity index (χ1) is 4.70. The van der Waals surface area contributed by atoms with Crippen LogP contribution in [0.3, 0.4) is 0 Å². The minimum atomic E-state index is 0.340. The second kappa shape index (κ2) is 2.82. The van der Waals surface area contributed by atoms with E-state index in [1.54, 1.807) is 0 Å². The Morgan fingerprint density at radius 1 is 1.60 bits per heavy atom. The molecular formula is C7H14N2O. The van der Waals surface area contributed by atoms with Crippen LogP contribution in [0.4, 0.5) is 0 Å². The van der Waals surface area contributed by atoms with Gasteiger partial charge in [0.05, 0.1) is 6.61 Å². The molecule has 0 aromatic rings. The molecule has 3 nitrogen and oxygen atoms in total. The molecule has 0 amide bonds. The summed E-state index contributed by atoms with van der Waals surface area (Å²) in [4.78, 5) is 0. The van der Waals surface area contributed by atoms with Crippen molar-refractivity contribution in [3.05, 3.63) is 11.6 Å². The molecule has 1 saturated heterocycles. The minimum absolute atomic E-state index is 0.340. The number of hydrogen-bond acceptors (Lipinski definition) is 3. The van der Waals surface area contributed by atoms with Crippen LogP contribution < -0.4 is 11.5 Å². The van der Waals surface area contributed by atoms with E-state index in [-0.39, 0.29) is 0 Å². The predicted octanol–water partition coefficient (Wildman–Crippen LogP) is 0.519. The third-order valence-electron chi connectivity index (χ3n) is 1.73. The summed E-state index contributed by atoms with van der Waals surface area (Å²) in [6.07, 6.45) is 2.02. The number of rotatable bonds is 0. The lowest BCUT2D eigenvalue weighted by Gasteiger charge is -2.21. The van der Waals surface area contributed by atoms with Crippen molar-refractivity contribution >= 4 is 0 Å². The van der Waals surface area contributed by atoms with E-state index in [2.05, 4.69) is 6.92 Å². The summed E-state index contributed by atoms with van der Waals surface area (Å²) in [5, 5.41) is 0. The van der Waals surface area contributed by atoms with E-state index in [0.717, 1.165) is 25.2 Å². The lowest BCUT2D eigenvalue weighted by Crippen LogP contribution is -2.20. The molecule has 0 radical (unpaired) electrons. The average Bonchev–Trinajstić information content (AvgIpc) is 1.88. The molecule has 1 fully saturated rings. The molecule has 1 heterocycles. The van der Waals surface area contributed by atoms with Crippen molar-refractivity contribution in [1.29, 1.82) is 0 Å². The van der Waals surface area contributed by atoms with Crippen molar-refractivity contribution < 1.29 is 4.74 Å². The standard InChI is InChI=1S/C7H14N2O/c1-5-2-3-6(7(8)9)10-4-5/h5H,2-4,8-9H2,1H3. The average molecular weight is 142 g/mol. The topological polar surface area (TPSA) is 61.3 Å². The highest BCUT2D eigenvalue weighted by molar-refractivity contribution is 5.01.